The average molecular weight is 434 g/mol. The first kappa shape index (κ1) is 21.0. The Morgan fingerprint density at radius 1 is 1.03 bits per heavy atom. The molecule has 2 heterocycles. The van der Waals surface area contributed by atoms with Crippen LogP contribution in [0.2, 0.25) is 5.02 Å². The van der Waals surface area contributed by atoms with Gasteiger partial charge in [-0.05, 0) is 38.0 Å². The lowest BCUT2D eigenvalue weighted by Gasteiger charge is -2.26. The maximum atomic E-state index is 13.7. The molecular weight excluding hydrogens is 410 g/mol. The Morgan fingerprint density at radius 3 is 2.32 bits per heavy atom. The summed E-state index contributed by atoms with van der Waals surface area (Å²) in [4.78, 5) is 24.5. The lowest BCUT2D eigenvalue weighted by atomic mass is 9.94. The molecule has 4 aromatic rings. The zero-order valence-electron chi connectivity index (χ0n) is 17.8. The van der Waals surface area contributed by atoms with Gasteiger partial charge in [-0.2, -0.15) is 9.50 Å². The van der Waals surface area contributed by atoms with E-state index in [-0.39, 0.29) is 18.4 Å². The van der Waals surface area contributed by atoms with Crippen LogP contribution in [0.25, 0.3) is 5.78 Å². The van der Waals surface area contributed by atoms with Crippen molar-refractivity contribution in [2.45, 2.75) is 39.7 Å². The second kappa shape index (κ2) is 8.86. The highest BCUT2D eigenvalue weighted by molar-refractivity contribution is 6.31. The molecule has 1 atom stereocenters. The van der Waals surface area contributed by atoms with Crippen LogP contribution in [0.3, 0.4) is 0 Å². The van der Waals surface area contributed by atoms with E-state index >= 15 is 0 Å². The van der Waals surface area contributed by atoms with Gasteiger partial charge in [-0.15, -0.1) is 5.10 Å². The molecule has 31 heavy (non-hydrogen) atoms. The van der Waals surface area contributed by atoms with Gasteiger partial charge in [-0.3, -0.25) is 4.79 Å². The fraction of sp³-hybridized carbons (Fsp3) is 0.250. The van der Waals surface area contributed by atoms with Gasteiger partial charge >= 0.3 is 0 Å². The van der Waals surface area contributed by atoms with Gasteiger partial charge in [-0.1, -0.05) is 67.1 Å². The summed E-state index contributed by atoms with van der Waals surface area (Å²) in [6.45, 7) is 5.99. The molecule has 0 radical (unpaired) electrons. The first-order valence-corrected chi connectivity index (χ1v) is 10.7. The summed E-state index contributed by atoms with van der Waals surface area (Å²) in [7, 11) is 0. The van der Waals surface area contributed by atoms with Crippen molar-refractivity contribution in [2.24, 2.45) is 0 Å². The molecule has 2 aromatic heterocycles. The topological polar surface area (TPSA) is 63.4 Å². The second-order valence-electron chi connectivity index (χ2n) is 7.47. The number of carbonyl (C=O) groups is 1. The van der Waals surface area contributed by atoms with Crippen LogP contribution >= 0.6 is 11.6 Å². The van der Waals surface area contributed by atoms with E-state index in [0.29, 0.717) is 28.7 Å². The number of anilines is 1. The molecule has 0 fully saturated rings. The van der Waals surface area contributed by atoms with Crippen molar-refractivity contribution in [3.8, 4) is 0 Å². The minimum Gasteiger partial charge on any atom is -0.304 e. The van der Waals surface area contributed by atoms with E-state index in [1.165, 1.54) is 0 Å². The quantitative estimate of drug-likeness (QED) is 0.423. The van der Waals surface area contributed by atoms with Crippen LogP contribution in [-0.4, -0.2) is 25.5 Å². The summed E-state index contributed by atoms with van der Waals surface area (Å²) >= 11 is 6.33. The number of aryl methyl sites for hydroxylation is 2. The Labute approximate surface area is 186 Å². The SMILES string of the molecule is CC[C@H](C(=O)N(Cc1nc2nc(C)c(Cl)c(C)n2n1)c1ccccc1)c1ccccc1. The van der Waals surface area contributed by atoms with E-state index in [1.54, 1.807) is 9.42 Å². The number of amides is 1. The number of rotatable bonds is 6. The second-order valence-corrected chi connectivity index (χ2v) is 7.85. The predicted octanol–water partition coefficient (Wildman–Crippen LogP) is 5.12. The van der Waals surface area contributed by atoms with Crippen LogP contribution in [0.1, 0.15) is 42.0 Å². The van der Waals surface area contributed by atoms with Crippen LogP contribution in [-0.2, 0) is 11.3 Å². The highest BCUT2D eigenvalue weighted by Gasteiger charge is 2.27. The maximum Gasteiger partial charge on any atom is 0.253 e. The zero-order valence-corrected chi connectivity index (χ0v) is 18.5. The third-order valence-corrected chi connectivity index (χ3v) is 5.94. The first-order valence-electron chi connectivity index (χ1n) is 10.3. The van der Waals surface area contributed by atoms with Gasteiger partial charge < -0.3 is 4.90 Å². The predicted molar refractivity (Wildman–Crippen MR) is 122 cm³/mol. The fourth-order valence-corrected chi connectivity index (χ4v) is 3.86. The molecule has 0 aliphatic rings. The van der Waals surface area contributed by atoms with Crippen molar-refractivity contribution in [1.29, 1.82) is 0 Å². The third-order valence-electron chi connectivity index (χ3n) is 5.40. The maximum absolute atomic E-state index is 13.7. The molecule has 0 saturated carbocycles. The summed E-state index contributed by atoms with van der Waals surface area (Å²) < 4.78 is 1.63. The Balaban J connectivity index is 1.73. The van der Waals surface area contributed by atoms with Crippen LogP contribution in [0, 0.1) is 13.8 Å². The summed E-state index contributed by atoms with van der Waals surface area (Å²) in [6.07, 6.45) is 0.695. The number of aromatic nitrogens is 4. The summed E-state index contributed by atoms with van der Waals surface area (Å²) in [5.74, 6) is 0.745. The van der Waals surface area contributed by atoms with E-state index < -0.39 is 0 Å². The first-order chi connectivity index (χ1) is 15.0. The van der Waals surface area contributed by atoms with Gasteiger partial charge in [0.1, 0.15) is 0 Å². The normalized spacial score (nSPS) is 12.1. The van der Waals surface area contributed by atoms with Gasteiger partial charge in [-0.25, -0.2) is 4.98 Å². The molecule has 0 bridgehead atoms. The van der Waals surface area contributed by atoms with Crippen LogP contribution < -0.4 is 4.90 Å². The van der Waals surface area contributed by atoms with Gasteiger partial charge in [0.2, 0.25) is 5.91 Å². The number of carbonyl (C=O) groups excluding carboxylic acids is 1. The summed E-state index contributed by atoms with van der Waals surface area (Å²) in [6, 6.07) is 19.5. The van der Waals surface area contributed by atoms with Gasteiger partial charge in [0.25, 0.3) is 5.78 Å². The van der Waals surface area contributed by atoms with E-state index in [9.17, 15) is 4.79 Å². The van der Waals surface area contributed by atoms with Crippen molar-refractivity contribution < 1.29 is 4.79 Å². The third kappa shape index (κ3) is 4.16. The summed E-state index contributed by atoms with van der Waals surface area (Å²) in [5.41, 5.74) is 3.28. The minimum absolute atomic E-state index is 0.0117. The Kier molecular flexibility index (Phi) is 6.00. The number of hydrogen-bond acceptors (Lipinski definition) is 4. The Morgan fingerprint density at radius 2 is 1.68 bits per heavy atom. The van der Waals surface area contributed by atoms with Gasteiger partial charge in [0, 0.05) is 5.69 Å². The molecule has 0 aliphatic carbocycles. The van der Waals surface area contributed by atoms with E-state index in [4.69, 9.17) is 11.6 Å². The van der Waals surface area contributed by atoms with Crippen LogP contribution in [0.4, 0.5) is 5.69 Å². The number of hydrogen-bond donors (Lipinski definition) is 0. The Hall–Kier alpha value is -3.25. The number of benzene rings is 2. The average Bonchev–Trinajstić information content (AvgIpc) is 3.20. The zero-order chi connectivity index (χ0) is 22.0. The van der Waals surface area contributed by atoms with Crippen LogP contribution in [0.15, 0.2) is 60.7 Å². The molecule has 7 heteroatoms. The number of fused-ring (bicyclic) bond motifs is 1. The minimum atomic E-state index is -0.255. The molecule has 0 aliphatic heterocycles. The molecule has 2 aromatic carbocycles. The lowest BCUT2D eigenvalue weighted by Crippen LogP contribution is -2.35. The van der Waals surface area contributed by atoms with Crippen molar-refractivity contribution >= 4 is 29.0 Å². The molecule has 1 amide bonds. The Bertz CT molecular complexity index is 1210. The van der Waals surface area contributed by atoms with E-state index in [1.807, 2.05) is 81.4 Å². The number of para-hydroxylation sites is 1. The molecule has 0 unspecified atom stereocenters. The molecule has 0 spiro atoms. The number of halogens is 1. The molecular formula is C24H24ClN5O. The summed E-state index contributed by atoms with van der Waals surface area (Å²) in [5, 5.41) is 5.15. The van der Waals surface area contributed by atoms with Crippen molar-refractivity contribution in [2.75, 3.05) is 4.90 Å². The molecule has 0 N–H and O–H groups in total. The van der Waals surface area contributed by atoms with Crippen LogP contribution in [0.5, 0.6) is 0 Å². The monoisotopic (exact) mass is 433 g/mol. The molecule has 0 saturated heterocycles. The highest BCUT2D eigenvalue weighted by Crippen LogP contribution is 2.27. The van der Waals surface area contributed by atoms with Gasteiger partial charge in [0.15, 0.2) is 5.82 Å². The molecule has 4 rings (SSSR count). The van der Waals surface area contributed by atoms with E-state index in [0.717, 1.165) is 16.9 Å². The highest BCUT2D eigenvalue weighted by atomic mass is 35.5. The standard InChI is InChI=1S/C24H24ClN5O/c1-4-20(18-11-7-5-8-12-18)23(31)29(19-13-9-6-10-14-19)15-21-27-24-26-16(2)22(25)17(3)30(24)28-21/h5-14,20H,4,15H2,1-3H3/t20-/m0/s1. The van der Waals surface area contributed by atoms with Crippen molar-refractivity contribution in [1.82, 2.24) is 19.6 Å². The number of nitrogens with zero attached hydrogens (tertiary/aromatic N) is 5. The fourth-order valence-electron chi connectivity index (χ4n) is 3.74. The van der Waals surface area contributed by atoms with Gasteiger partial charge in [0.05, 0.1) is 28.9 Å². The van der Waals surface area contributed by atoms with E-state index in [2.05, 4.69) is 15.1 Å². The smallest absolute Gasteiger partial charge is 0.253 e. The van der Waals surface area contributed by atoms with Crippen molar-refractivity contribution in [3.63, 3.8) is 0 Å². The largest absolute Gasteiger partial charge is 0.304 e. The van der Waals surface area contributed by atoms with Crippen molar-refractivity contribution in [3.05, 3.63) is 88.5 Å². The molecule has 158 valence electrons. The molecule has 6 nitrogen and oxygen atoms in total. The lowest BCUT2D eigenvalue weighted by molar-refractivity contribution is -0.120.